The Morgan fingerprint density at radius 2 is 1.71 bits per heavy atom. The van der Waals surface area contributed by atoms with Crippen LogP contribution in [-0.4, -0.2) is 51.2 Å². The molecule has 0 aromatic rings. The van der Waals surface area contributed by atoms with Gasteiger partial charge in [0.15, 0.2) is 0 Å². The van der Waals surface area contributed by atoms with Gasteiger partial charge in [-0.2, -0.15) is 0 Å². The van der Waals surface area contributed by atoms with Crippen LogP contribution in [-0.2, 0) is 24.7 Å². The molecule has 0 aromatic carbocycles. The van der Waals surface area contributed by atoms with Crippen LogP contribution in [0, 0.1) is 5.41 Å². The fraction of sp³-hybridized carbons (Fsp3) is 0.917. The van der Waals surface area contributed by atoms with Gasteiger partial charge < -0.3 is 5.11 Å². The highest BCUT2D eigenvalue weighted by molar-refractivity contribution is 7.92. The van der Waals surface area contributed by atoms with E-state index in [4.69, 9.17) is 0 Å². The van der Waals surface area contributed by atoms with Gasteiger partial charge in [-0.15, -0.1) is 0 Å². The van der Waals surface area contributed by atoms with Crippen molar-refractivity contribution in [2.45, 2.75) is 43.8 Å². The van der Waals surface area contributed by atoms with Gasteiger partial charge in [0.2, 0.25) is 10.0 Å². The molecular weight excluding hydrogens is 318 g/mol. The summed E-state index contributed by atoms with van der Waals surface area (Å²) in [7, 11) is -6.79. The Morgan fingerprint density at radius 3 is 2.19 bits per heavy atom. The second kappa shape index (κ2) is 5.85. The van der Waals surface area contributed by atoms with Gasteiger partial charge >= 0.3 is 5.97 Å². The van der Waals surface area contributed by atoms with Gasteiger partial charge in [0, 0.05) is 6.54 Å². The van der Waals surface area contributed by atoms with Gasteiger partial charge in [0.05, 0.1) is 22.2 Å². The zero-order chi connectivity index (χ0) is 15.7. The minimum Gasteiger partial charge on any atom is -0.481 e. The summed E-state index contributed by atoms with van der Waals surface area (Å²) < 4.78 is 49.5. The Labute approximate surface area is 125 Å². The van der Waals surface area contributed by atoms with E-state index in [1.165, 1.54) is 0 Å². The normalized spacial score (nSPS) is 25.7. The van der Waals surface area contributed by atoms with Crippen LogP contribution in [0.1, 0.15) is 38.5 Å². The number of hydrogen-bond donors (Lipinski definition) is 2. The van der Waals surface area contributed by atoms with Crippen molar-refractivity contribution in [3.8, 4) is 0 Å². The summed E-state index contributed by atoms with van der Waals surface area (Å²) in [5, 5.41) is 8.58. The lowest BCUT2D eigenvalue weighted by atomic mass is 9.87. The maximum absolute atomic E-state index is 12.2. The SMILES string of the molecule is O=C(O)C1(CNS(=O)(=O)C2CCS(=O)(=O)CC2)CCCC1. The van der Waals surface area contributed by atoms with Crippen LogP contribution in [0.3, 0.4) is 0 Å². The Bertz CT molecular complexity index is 590. The summed E-state index contributed by atoms with van der Waals surface area (Å²) in [6, 6.07) is 0. The monoisotopic (exact) mass is 339 g/mol. The van der Waals surface area contributed by atoms with E-state index in [0.717, 1.165) is 12.8 Å². The van der Waals surface area contributed by atoms with Gasteiger partial charge in [-0.25, -0.2) is 21.6 Å². The number of hydrogen-bond acceptors (Lipinski definition) is 5. The first kappa shape index (κ1) is 16.7. The lowest BCUT2D eigenvalue weighted by molar-refractivity contribution is -0.148. The van der Waals surface area contributed by atoms with Crippen LogP contribution in [0.5, 0.6) is 0 Å². The highest BCUT2D eigenvalue weighted by Crippen LogP contribution is 2.38. The molecule has 0 unspecified atom stereocenters. The highest BCUT2D eigenvalue weighted by atomic mass is 32.2. The summed E-state index contributed by atoms with van der Waals surface area (Å²) in [5.41, 5.74) is -1.01. The Balaban J connectivity index is 2.00. The molecular formula is C12H21NO6S2. The topological polar surface area (TPSA) is 118 Å². The van der Waals surface area contributed by atoms with E-state index in [1.54, 1.807) is 0 Å². The van der Waals surface area contributed by atoms with Crippen LogP contribution in [0.25, 0.3) is 0 Å². The van der Waals surface area contributed by atoms with Crippen molar-refractivity contribution >= 4 is 25.8 Å². The Kier molecular flexibility index (Phi) is 4.65. The van der Waals surface area contributed by atoms with Gasteiger partial charge in [0.1, 0.15) is 9.84 Å². The number of sulfonamides is 1. The van der Waals surface area contributed by atoms with Crippen LogP contribution >= 0.6 is 0 Å². The van der Waals surface area contributed by atoms with E-state index in [2.05, 4.69) is 4.72 Å². The first-order valence-electron chi connectivity index (χ1n) is 7.09. The summed E-state index contributed by atoms with van der Waals surface area (Å²) >= 11 is 0. The molecule has 1 aliphatic carbocycles. The van der Waals surface area contributed by atoms with E-state index < -0.39 is 36.5 Å². The van der Waals surface area contributed by atoms with Crippen molar-refractivity contribution in [2.24, 2.45) is 5.41 Å². The minimum absolute atomic E-state index is 0.0811. The van der Waals surface area contributed by atoms with E-state index in [1.807, 2.05) is 0 Å². The van der Waals surface area contributed by atoms with Gasteiger partial charge in [0.25, 0.3) is 0 Å². The minimum atomic E-state index is -3.67. The summed E-state index contributed by atoms with van der Waals surface area (Å²) in [6.45, 7) is -0.103. The van der Waals surface area contributed by atoms with Crippen LogP contribution < -0.4 is 4.72 Å². The third-order valence-electron chi connectivity index (χ3n) is 4.57. The second-order valence-electron chi connectivity index (χ2n) is 6.01. The van der Waals surface area contributed by atoms with E-state index in [-0.39, 0.29) is 30.9 Å². The van der Waals surface area contributed by atoms with Gasteiger partial charge in [-0.05, 0) is 25.7 Å². The Hall–Kier alpha value is -0.670. The first-order valence-corrected chi connectivity index (χ1v) is 10.5. The standard InChI is InChI=1S/C12H21NO6S2/c14-11(15)12(5-1-2-6-12)9-13-21(18,19)10-3-7-20(16,17)8-4-10/h10,13H,1-9H2,(H,14,15). The maximum Gasteiger partial charge on any atom is 0.310 e. The van der Waals surface area contributed by atoms with Crippen molar-refractivity contribution in [1.82, 2.24) is 4.72 Å². The van der Waals surface area contributed by atoms with E-state index in [0.29, 0.717) is 12.8 Å². The smallest absolute Gasteiger partial charge is 0.310 e. The summed E-state index contributed by atoms with van der Waals surface area (Å²) in [4.78, 5) is 11.4. The van der Waals surface area contributed by atoms with Crippen LogP contribution in [0.4, 0.5) is 0 Å². The second-order valence-corrected chi connectivity index (χ2v) is 10.4. The molecule has 122 valence electrons. The average Bonchev–Trinajstić information content (AvgIpc) is 2.86. The van der Waals surface area contributed by atoms with Gasteiger partial charge in [-0.1, -0.05) is 12.8 Å². The first-order chi connectivity index (χ1) is 9.67. The molecule has 1 heterocycles. The van der Waals surface area contributed by atoms with E-state index in [9.17, 15) is 26.7 Å². The highest BCUT2D eigenvalue weighted by Gasteiger charge is 2.43. The number of nitrogens with one attached hydrogen (secondary N) is 1. The molecule has 0 amide bonds. The molecule has 2 fully saturated rings. The van der Waals surface area contributed by atoms with Crippen LogP contribution in [0.15, 0.2) is 0 Å². The lowest BCUT2D eigenvalue weighted by Gasteiger charge is -2.27. The molecule has 2 N–H and O–H groups in total. The molecule has 0 atom stereocenters. The fourth-order valence-electron chi connectivity index (χ4n) is 3.05. The van der Waals surface area contributed by atoms with Crippen molar-refractivity contribution in [3.63, 3.8) is 0 Å². The Morgan fingerprint density at radius 1 is 1.19 bits per heavy atom. The van der Waals surface area contributed by atoms with Gasteiger partial charge in [-0.3, -0.25) is 4.79 Å². The number of sulfone groups is 1. The molecule has 0 bridgehead atoms. The molecule has 21 heavy (non-hydrogen) atoms. The molecule has 2 aliphatic rings. The van der Waals surface area contributed by atoms with Crippen molar-refractivity contribution in [2.75, 3.05) is 18.1 Å². The molecule has 0 aromatic heterocycles. The number of carboxylic acid groups (broad SMARTS) is 1. The predicted octanol–water partition coefficient (Wildman–Crippen LogP) is 0.128. The largest absolute Gasteiger partial charge is 0.481 e. The molecule has 1 saturated heterocycles. The molecule has 0 spiro atoms. The van der Waals surface area contributed by atoms with E-state index >= 15 is 0 Å². The maximum atomic E-state index is 12.2. The molecule has 7 nitrogen and oxygen atoms in total. The van der Waals surface area contributed by atoms with Crippen molar-refractivity contribution < 1.29 is 26.7 Å². The average molecular weight is 339 g/mol. The zero-order valence-electron chi connectivity index (χ0n) is 11.7. The number of rotatable bonds is 5. The molecule has 1 aliphatic heterocycles. The third-order valence-corrected chi connectivity index (χ3v) is 8.18. The lowest BCUT2D eigenvalue weighted by Crippen LogP contribution is -2.46. The quantitative estimate of drug-likeness (QED) is 0.735. The third kappa shape index (κ3) is 3.75. The fourth-order valence-corrected chi connectivity index (χ4v) is 6.41. The number of aliphatic carboxylic acids is 1. The molecule has 2 rings (SSSR count). The molecule has 9 heteroatoms. The number of carbonyl (C=O) groups is 1. The van der Waals surface area contributed by atoms with Crippen molar-refractivity contribution in [3.05, 3.63) is 0 Å². The number of carboxylic acids is 1. The summed E-state index contributed by atoms with van der Waals surface area (Å²) in [5.74, 6) is -1.21. The molecule has 0 radical (unpaired) electrons. The summed E-state index contributed by atoms with van der Waals surface area (Å²) in [6.07, 6.45) is 2.69. The molecule has 1 saturated carbocycles. The zero-order valence-corrected chi connectivity index (χ0v) is 13.4. The van der Waals surface area contributed by atoms with Crippen LogP contribution in [0.2, 0.25) is 0 Å². The predicted molar refractivity (Wildman–Crippen MR) is 77.1 cm³/mol. The van der Waals surface area contributed by atoms with Crippen molar-refractivity contribution in [1.29, 1.82) is 0 Å².